The van der Waals surface area contributed by atoms with Crippen LogP contribution < -0.4 is 5.56 Å². The molecule has 0 spiro atoms. The van der Waals surface area contributed by atoms with Gasteiger partial charge in [-0.25, -0.2) is 4.98 Å². The molecule has 0 atom stereocenters. The second-order valence-corrected chi connectivity index (χ2v) is 10.8. The van der Waals surface area contributed by atoms with Gasteiger partial charge < -0.3 is 9.55 Å². The number of aryl methyl sites for hydroxylation is 1. The molecule has 0 aromatic carbocycles. The van der Waals surface area contributed by atoms with Crippen LogP contribution in [0.3, 0.4) is 0 Å². The molecule has 0 unspecified atom stereocenters. The quantitative estimate of drug-likeness (QED) is 0.420. The van der Waals surface area contributed by atoms with Crippen LogP contribution in [0, 0.1) is 6.92 Å². The molecule has 1 N–H and O–H groups in total. The first kappa shape index (κ1) is 17.9. The summed E-state index contributed by atoms with van der Waals surface area (Å²) in [7, 11) is 0. The highest BCUT2D eigenvalue weighted by Crippen LogP contribution is 2.46. The molecule has 4 aromatic rings. The average molecular weight is 442 g/mol. The maximum Gasteiger partial charge on any atom is 0.260 e. The molecule has 2 fully saturated rings. The van der Waals surface area contributed by atoms with Crippen molar-refractivity contribution in [3.8, 4) is 10.4 Å². The number of rotatable bonds is 6. The molecule has 148 valence electrons. The Morgan fingerprint density at radius 1 is 1.24 bits per heavy atom. The van der Waals surface area contributed by atoms with Gasteiger partial charge in [0.1, 0.15) is 16.5 Å². The second-order valence-electron chi connectivity index (χ2n) is 7.76. The Labute approximate surface area is 179 Å². The number of hydrogen-bond acceptors (Lipinski definition) is 7. The molecule has 0 radical (unpaired) electrons. The van der Waals surface area contributed by atoms with Crippen LogP contribution in [0.5, 0.6) is 0 Å². The lowest BCUT2D eigenvalue weighted by Gasteiger charge is -2.07. The maximum absolute atomic E-state index is 12.8. The molecular formula is C20H19N5OS3. The molecule has 0 bridgehead atoms. The minimum Gasteiger partial charge on any atom is -0.309 e. The van der Waals surface area contributed by atoms with Gasteiger partial charge in [-0.3, -0.25) is 4.79 Å². The molecule has 4 heterocycles. The number of aromatic nitrogens is 5. The standard InChI is InChI=1S/C20H19N5OS3/c1-10-2-7-14(29-10)13-8-27-19-16(13)18(26)21-15(22-19)9-28-20-24-23-17(11-3-4-11)25(20)12-5-6-12/h2,7-8,11-12H,3-6,9H2,1H3,(H,21,22,26). The van der Waals surface area contributed by atoms with Crippen LogP contribution in [0.4, 0.5) is 0 Å². The molecule has 29 heavy (non-hydrogen) atoms. The van der Waals surface area contributed by atoms with Gasteiger partial charge >= 0.3 is 0 Å². The Bertz CT molecular complexity index is 1280. The van der Waals surface area contributed by atoms with E-state index in [2.05, 4.69) is 38.8 Å². The number of H-pyrrole nitrogens is 1. The predicted octanol–water partition coefficient (Wildman–Crippen LogP) is 5.12. The third kappa shape index (κ3) is 3.25. The van der Waals surface area contributed by atoms with Crippen LogP contribution in [0.15, 0.2) is 27.5 Å². The smallest absolute Gasteiger partial charge is 0.260 e. The van der Waals surface area contributed by atoms with Gasteiger partial charge in [-0.15, -0.1) is 32.9 Å². The van der Waals surface area contributed by atoms with Crippen molar-refractivity contribution in [1.29, 1.82) is 0 Å². The highest BCUT2D eigenvalue weighted by atomic mass is 32.2. The van der Waals surface area contributed by atoms with Crippen molar-refractivity contribution in [2.45, 2.75) is 55.5 Å². The van der Waals surface area contributed by atoms with E-state index in [1.807, 2.05) is 5.38 Å². The molecule has 6 rings (SSSR count). The molecule has 2 aliphatic carbocycles. The van der Waals surface area contributed by atoms with Crippen molar-refractivity contribution in [2.75, 3.05) is 0 Å². The number of nitrogens with one attached hydrogen (secondary N) is 1. The van der Waals surface area contributed by atoms with Crippen molar-refractivity contribution in [1.82, 2.24) is 24.7 Å². The highest BCUT2D eigenvalue weighted by Gasteiger charge is 2.36. The SMILES string of the molecule is Cc1ccc(-c2csc3nc(CSc4nnc(C5CC5)n4C4CC4)[nH]c(=O)c23)s1. The molecule has 0 saturated heterocycles. The normalized spacial score (nSPS) is 16.7. The first-order valence-corrected chi connectivity index (χ1v) is 12.5. The van der Waals surface area contributed by atoms with E-state index in [1.165, 1.54) is 41.9 Å². The summed E-state index contributed by atoms with van der Waals surface area (Å²) in [6.07, 6.45) is 4.89. The minimum absolute atomic E-state index is 0.0600. The number of aromatic amines is 1. The lowest BCUT2D eigenvalue weighted by atomic mass is 10.2. The average Bonchev–Trinajstić information content (AvgIpc) is 3.61. The van der Waals surface area contributed by atoms with Crippen molar-refractivity contribution in [3.05, 3.63) is 44.4 Å². The molecule has 2 saturated carbocycles. The van der Waals surface area contributed by atoms with Gasteiger partial charge in [0.05, 0.1) is 11.1 Å². The van der Waals surface area contributed by atoms with Crippen molar-refractivity contribution in [3.63, 3.8) is 0 Å². The third-order valence-corrected chi connectivity index (χ3v) is 8.24. The number of thiophene rings is 2. The van der Waals surface area contributed by atoms with Crippen molar-refractivity contribution in [2.24, 2.45) is 0 Å². The first-order valence-electron chi connectivity index (χ1n) is 9.82. The molecule has 2 aliphatic rings. The van der Waals surface area contributed by atoms with Crippen LogP contribution in [-0.4, -0.2) is 24.7 Å². The van der Waals surface area contributed by atoms with E-state index in [-0.39, 0.29) is 5.56 Å². The summed E-state index contributed by atoms with van der Waals surface area (Å²) in [5.41, 5.74) is 0.925. The molecule has 0 aliphatic heterocycles. The molecular weight excluding hydrogens is 422 g/mol. The van der Waals surface area contributed by atoms with E-state index >= 15 is 0 Å². The minimum atomic E-state index is -0.0600. The van der Waals surface area contributed by atoms with Gasteiger partial charge in [-0.1, -0.05) is 11.8 Å². The zero-order valence-electron chi connectivity index (χ0n) is 15.8. The number of fused-ring (bicyclic) bond motifs is 1. The van der Waals surface area contributed by atoms with E-state index in [9.17, 15) is 4.79 Å². The summed E-state index contributed by atoms with van der Waals surface area (Å²) < 4.78 is 2.33. The van der Waals surface area contributed by atoms with E-state index in [0.717, 1.165) is 26.3 Å². The number of nitrogens with zero attached hydrogens (tertiary/aromatic N) is 4. The Morgan fingerprint density at radius 2 is 2.10 bits per heavy atom. The van der Waals surface area contributed by atoms with Crippen LogP contribution in [0.25, 0.3) is 20.7 Å². The van der Waals surface area contributed by atoms with Crippen LogP contribution in [0.2, 0.25) is 0 Å². The van der Waals surface area contributed by atoms with Crippen molar-refractivity contribution >= 4 is 44.7 Å². The summed E-state index contributed by atoms with van der Waals surface area (Å²) in [4.78, 5) is 23.7. The summed E-state index contributed by atoms with van der Waals surface area (Å²) in [6, 6.07) is 4.72. The lowest BCUT2D eigenvalue weighted by Crippen LogP contribution is -2.11. The second kappa shape index (κ2) is 6.78. The van der Waals surface area contributed by atoms with Crippen molar-refractivity contribution < 1.29 is 0 Å². The van der Waals surface area contributed by atoms with Crippen LogP contribution in [-0.2, 0) is 5.75 Å². The topological polar surface area (TPSA) is 76.5 Å². The largest absolute Gasteiger partial charge is 0.309 e. The van der Waals surface area contributed by atoms with E-state index < -0.39 is 0 Å². The van der Waals surface area contributed by atoms with E-state index in [1.54, 1.807) is 23.1 Å². The highest BCUT2D eigenvalue weighted by molar-refractivity contribution is 7.98. The lowest BCUT2D eigenvalue weighted by molar-refractivity contribution is 0.626. The number of hydrogen-bond donors (Lipinski definition) is 1. The predicted molar refractivity (Wildman–Crippen MR) is 118 cm³/mol. The summed E-state index contributed by atoms with van der Waals surface area (Å²) in [6.45, 7) is 2.08. The fraction of sp³-hybridized carbons (Fsp3) is 0.400. The van der Waals surface area contributed by atoms with Gasteiger partial charge in [-0.2, -0.15) is 0 Å². The fourth-order valence-electron chi connectivity index (χ4n) is 3.64. The number of thioether (sulfide) groups is 1. The zero-order valence-corrected chi connectivity index (χ0v) is 18.3. The molecule has 0 amide bonds. The van der Waals surface area contributed by atoms with Crippen LogP contribution >= 0.6 is 34.4 Å². The van der Waals surface area contributed by atoms with Gasteiger partial charge in [0.15, 0.2) is 5.16 Å². The Kier molecular flexibility index (Phi) is 4.18. The molecule has 4 aromatic heterocycles. The summed E-state index contributed by atoms with van der Waals surface area (Å²) >= 11 is 4.86. The maximum atomic E-state index is 12.8. The van der Waals surface area contributed by atoms with Gasteiger partial charge in [0, 0.05) is 32.7 Å². The first-order chi connectivity index (χ1) is 14.2. The molecule has 6 nitrogen and oxygen atoms in total. The van der Waals surface area contributed by atoms with Gasteiger partial charge in [-0.05, 0) is 44.7 Å². The summed E-state index contributed by atoms with van der Waals surface area (Å²) in [5, 5.41) is 12.6. The van der Waals surface area contributed by atoms with E-state index in [4.69, 9.17) is 4.98 Å². The van der Waals surface area contributed by atoms with Gasteiger partial charge in [0.25, 0.3) is 5.56 Å². The summed E-state index contributed by atoms with van der Waals surface area (Å²) in [5.74, 6) is 3.03. The van der Waals surface area contributed by atoms with Gasteiger partial charge in [0.2, 0.25) is 0 Å². The van der Waals surface area contributed by atoms with E-state index in [0.29, 0.717) is 28.9 Å². The Balaban J connectivity index is 1.29. The third-order valence-electron chi connectivity index (χ3n) is 5.38. The Morgan fingerprint density at radius 3 is 2.83 bits per heavy atom. The Hall–Kier alpha value is -1.97. The zero-order chi connectivity index (χ0) is 19.5. The van der Waals surface area contributed by atoms with Crippen LogP contribution in [0.1, 0.15) is 54.2 Å². The fourth-order valence-corrected chi connectivity index (χ4v) is 6.44. The molecule has 9 heteroatoms. The monoisotopic (exact) mass is 441 g/mol.